The fraction of sp³-hybridized carbons (Fsp3) is 0.125. The van der Waals surface area contributed by atoms with E-state index in [1.165, 1.54) is 12.4 Å². The van der Waals surface area contributed by atoms with Gasteiger partial charge in [-0.3, -0.25) is 4.79 Å². The van der Waals surface area contributed by atoms with Crippen molar-refractivity contribution in [1.82, 2.24) is 14.4 Å². The number of aromatic hydroxyl groups is 1. The van der Waals surface area contributed by atoms with E-state index in [1.54, 1.807) is 0 Å². The molecule has 0 amide bonds. The summed E-state index contributed by atoms with van der Waals surface area (Å²) in [4.78, 5) is 29.0. The number of imidazole rings is 1. The van der Waals surface area contributed by atoms with Crippen LogP contribution in [0.3, 0.4) is 0 Å². The predicted octanol–water partition coefficient (Wildman–Crippen LogP) is -0.485. The van der Waals surface area contributed by atoms with Gasteiger partial charge in [0, 0.05) is 12.4 Å². The van der Waals surface area contributed by atoms with Gasteiger partial charge in [-0.1, -0.05) is 0 Å². The minimum Gasteiger partial charge on any atom is -0.501 e. The molecule has 7 heteroatoms. The molecule has 0 aliphatic heterocycles. The molecule has 2 aromatic heterocycles. The van der Waals surface area contributed by atoms with E-state index in [0.717, 1.165) is 11.5 Å². The summed E-state index contributed by atoms with van der Waals surface area (Å²) in [5.74, 6) is -1.42. The molecule has 2 aromatic rings. The van der Waals surface area contributed by atoms with E-state index in [2.05, 4.69) is 14.7 Å². The topological polar surface area (TPSA) is 96.7 Å². The van der Waals surface area contributed by atoms with Crippen LogP contribution in [0.15, 0.2) is 17.2 Å². The van der Waals surface area contributed by atoms with E-state index in [1.807, 2.05) is 0 Å². The number of aromatic nitrogens is 3. The van der Waals surface area contributed by atoms with Gasteiger partial charge < -0.3 is 14.8 Å². The van der Waals surface area contributed by atoms with Crippen molar-refractivity contribution in [2.24, 2.45) is 0 Å². The fourth-order valence-corrected chi connectivity index (χ4v) is 1.19. The highest BCUT2D eigenvalue weighted by Gasteiger charge is 2.19. The maximum absolute atomic E-state index is 11.5. The standard InChI is InChI=1S/C8H7N3O4/c1-15-7(14)4-5(12)6(13)11-3-2-9-8(11)10-4/h2-3,12H,1H3,(H,9,10). The monoisotopic (exact) mass is 209 g/mol. The molecule has 78 valence electrons. The molecule has 0 atom stereocenters. The first kappa shape index (κ1) is 9.25. The van der Waals surface area contributed by atoms with Gasteiger partial charge in [0.2, 0.25) is 11.5 Å². The van der Waals surface area contributed by atoms with Crippen LogP contribution >= 0.6 is 0 Å². The molecule has 0 unspecified atom stereocenters. The molecule has 0 bridgehead atoms. The molecule has 0 spiro atoms. The van der Waals surface area contributed by atoms with Gasteiger partial charge in [-0.15, -0.1) is 0 Å². The Balaban J connectivity index is 2.82. The van der Waals surface area contributed by atoms with Gasteiger partial charge in [-0.2, -0.15) is 0 Å². The number of carbonyl (C=O) groups is 1. The first-order valence-electron chi connectivity index (χ1n) is 4.02. The normalized spacial score (nSPS) is 10.5. The summed E-state index contributed by atoms with van der Waals surface area (Å²) in [6, 6.07) is 0. The smallest absolute Gasteiger partial charge is 0.360 e. The third-order valence-electron chi connectivity index (χ3n) is 1.91. The van der Waals surface area contributed by atoms with Crippen LogP contribution in [0.4, 0.5) is 0 Å². The summed E-state index contributed by atoms with van der Waals surface area (Å²) in [5.41, 5.74) is -1.12. The number of rotatable bonds is 1. The molecule has 0 aliphatic carbocycles. The Labute approximate surface area is 82.9 Å². The zero-order chi connectivity index (χ0) is 11.0. The van der Waals surface area contributed by atoms with Gasteiger partial charge in [0.05, 0.1) is 7.11 Å². The number of fused-ring (bicyclic) bond motifs is 1. The number of nitrogens with zero attached hydrogens (tertiary/aromatic N) is 2. The summed E-state index contributed by atoms with van der Waals surface area (Å²) in [6.45, 7) is 0. The van der Waals surface area contributed by atoms with Gasteiger partial charge in [0.1, 0.15) is 0 Å². The minimum atomic E-state index is -0.860. The molecular formula is C8H7N3O4. The number of H-pyrrole nitrogens is 1. The molecule has 0 aliphatic rings. The lowest BCUT2D eigenvalue weighted by Gasteiger charge is -2.01. The van der Waals surface area contributed by atoms with Crippen molar-refractivity contribution in [2.75, 3.05) is 7.11 Å². The average molecular weight is 209 g/mol. The number of nitrogens with one attached hydrogen (secondary N) is 1. The largest absolute Gasteiger partial charge is 0.501 e. The molecule has 15 heavy (non-hydrogen) atoms. The molecule has 7 nitrogen and oxygen atoms in total. The fourth-order valence-electron chi connectivity index (χ4n) is 1.19. The first-order valence-corrected chi connectivity index (χ1v) is 4.02. The molecule has 0 saturated carbocycles. The van der Waals surface area contributed by atoms with E-state index in [4.69, 9.17) is 0 Å². The van der Waals surface area contributed by atoms with Crippen molar-refractivity contribution < 1.29 is 14.6 Å². The van der Waals surface area contributed by atoms with E-state index >= 15 is 0 Å². The molecule has 2 rings (SSSR count). The Morgan fingerprint density at radius 3 is 3.07 bits per heavy atom. The maximum Gasteiger partial charge on any atom is 0.360 e. The van der Waals surface area contributed by atoms with Crippen LogP contribution in [-0.2, 0) is 4.74 Å². The van der Waals surface area contributed by atoms with Crippen LogP contribution in [0.1, 0.15) is 10.5 Å². The number of aromatic amines is 1. The second kappa shape index (κ2) is 3.12. The lowest BCUT2D eigenvalue weighted by Crippen LogP contribution is -2.18. The predicted molar refractivity (Wildman–Crippen MR) is 48.8 cm³/mol. The van der Waals surface area contributed by atoms with Crippen LogP contribution in [0.5, 0.6) is 5.75 Å². The molecular weight excluding hydrogens is 202 g/mol. The van der Waals surface area contributed by atoms with Gasteiger partial charge in [-0.25, -0.2) is 14.2 Å². The lowest BCUT2D eigenvalue weighted by molar-refractivity contribution is 0.0590. The third-order valence-corrected chi connectivity index (χ3v) is 1.91. The second-order valence-corrected chi connectivity index (χ2v) is 2.76. The molecule has 0 saturated heterocycles. The Hall–Kier alpha value is -2.31. The van der Waals surface area contributed by atoms with Crippen LogP contribution in [0.2, 0.25) is 0 Å². The quantitative estimate of drug-likeness (QED) is 0.618. The minimum absolute atomic E-state index is 0.165. The average Bonchev–Trinajstić information content (AvgIpc) is 2.70. The zero-order valence-electron chi connectivity index (χ0n) is 7.72. The summed E-state index contributed by atoms with van der Waals surface area (Å²) in [7, 11) is 1.14. The van der Waals surface area contributed by atoms with Crippen LogP contribution in [-0.4, -0.2) is 32.6 Å². The van der Waals surface area contributed by atoms with E-state index in [0.29, 0.717) is 0 Å². The van der Waals surface area contributed by atoms with E-state index in [-0.39, 0.29) is 5.78 Å². The molecule has 0 fully saturated rings. The molecule has 0 radical (unpaired) electrons. The number of methoxy groups -OCH3 is 1. The van der Waals surface area contributed by atoms with Gasteiger partial charge in [0.25, 0.3) is 0 Å². The van der Waals surface area contributed by atoms with Crippen molar-refractivity contribution in [1.29, 1.82) is 0 Å². The first-order chi connectivity index (χ1) is 7.15. The number of hydrogen-bond acceptors (Lipinski definition) is 5. The molecule has 2 N–H and O–H groups in total. The van der Waals surface area contributed by atoms with Crippen molar-refractivity contribution in [3.63, 3.8) is 0 Å². The zero-order valence-corrected chi connectivity index (χ0v) is 7.72. The summed E-state index contributed by atoms with van der Waals surface area (Å²) in [6.07, 6.45) is 2.86. The van der Waals surface area contributed by atoms with Gasteiger partial charge >= 0.3 is 11.5 Å². The highest BCUT2D eigenvalue weighted by Crippen LogP contribution is 2.10. The van der Waals surface area contributed by atoms with E-state index in [9.17, 15) is 14.7 Å². The van der Waals surface area contributed by atoms with Crippen molar-refractivity contribution in [3.05, 3.63) is 28.4 Å². The van der Waals surface area contributed by atoms with Gasteiger partial charge in [-0.05, 0) is 0 Å². The Kier molecular flexibility index (Phi) is 1.93. The molecule has 0 aromatic carbocycles. The summed E-state index contributed by atoms with van der Waals surface area (Å²) < 4.78 is 5.46. The Morgan fingerprint density at radius 1 is 1.67 bits per heavy atom. The van der Waals surface area contributed by atoms with Crippen molar-refractivity contribution in [3.8, 4) is 5.75 Å². The van der Waals surface area contributed by atoms with Crippen molar-refractivity contribution >= 4 is 11.7 Å². The number of hydrogen-bond donors (Lipinski definition) is 2. The highest BCUT2D eigenvalue weighted by atomic mass is 16.5. The maximum atomic E-state index is 11.5. The Morgan fingerprint density at radius 2 is 2.40 bits per heavy atom. The number of carbonyl (C=O) groups excluding carboxylic acids is 1. The van der Waals surface area contributed by atoms with Crippen molar-refractivity contribution in [2.45, 2.75) is 0 Å². The molecule has 2 heterocycles. The van der Waals surface area contributed by atoms with E-state index < -0.39 is 23.0 Å². The number of ether oxygens (including phenoxy) is 1. The third kappa shape index (κ3) is 1.25. The SMILES string of the molecule is COC(=O)c1nc2[nH]ccn2c(=O)c1O. The van der Waals surface area contributed by atoms with Crippen LogP contribution < -0.4 is 5.56 Å². The van der Waals surface area contributed by atoms with Crippen LogP contribution in [0, 0.1) is 0 Å². The Bertz CT molecular complexity index is 583. The number of esters is 1. The highest BCUT2D eigenvalue weighted by molar-refractivity contribution is 5.90. The van der Waals surface area contributed by atoms with Crippen LogP contribution in [0.25, 0.3) is 5.78 Å². The summed E-state index contributed by atoms with van der Waals surface area (Å²) in [5, 5.41) is 9.40. The summed E-state index contributed by atoms with van der Waals surface area (Å²) >= 11 is 0. The lowest BCUT2D eigenvalue weighted by atomic mass is 10.4. The second-order valence-electron chi connectivity index (χ2n) is 2.76. The van der Waals surface area contributed by atoms with Gasteiger partial charge in [0.15, 0.2) is 5.69 Å².